The van der Waals surface area contributed by atoms with Crippen molar-refractivity contribution in [3.8, 4) is 0 Å². The van der Waals surface area contributed by atoms with Crippen molar-refractivity contribution < 1.29 is 0 Å². The Morgan fingerprint density at radius 2 is 2.26 bits per heavy atom. The number of nitrogens with zero attached hydrogens (tertiary/aromatic N) is 3. The summed E-state index contributed by atoms with van der Waals surface area (Å²) in [6, 6.07) is 5.30. The first kappa shape index (κ1) is 17.6. The molecule has 1 N–H and O–H groups in total. The zero-order chi connectivity index (χ0) is 16.5. The molecule has 0 bridgehead atoms. The Hall–Kier alpha value is -1.78. The van der Waals surface area contributed by atoms with Crippen LogP contribution in [0.5, 0.6) is 0 Å². The van der Waals surface area contributed by atoms with Gasteiger partial charge >= 0.3 is 0 Å². The summed E-state index contributed by atoms with van der Waals surface area (Å²) < 4.78 is 1.77. The van der Waals surface area contributed by atoms with Crippen LogP contribution in [0.15, 0.2) is 34.2 Å². The SMILES string of the molecule is CCNC(=NCCCCn1ccccc1=O)N1CCCC(C)C1. The predicted octanol–water partition coefficient (Wildman–Crippen LogP) is 2.33. The fourth-order valence-corrected chi connectivity index (χ4v) is 3.03. The number of nitrogens with one attached hydrogen (secondary N) is 1. The van der Waals surface area contributed by atoms with Crippen molar-refractivity contribution >= 4 is 5.96 Å². The number of piperidine rings is 1. The van der Waals surface area contributed by atoms with Crippen LogP contribution in [0.2, 0.25) is 0 Å². The molecule has 1 aliphatic rings. The zero-order valence-corrected chi connectivity index (χ0v) is 14.5. The molecule has 1 aliphatic heterocycles. The summed E-state index contributed by atoms with van der Waals surface area (Å²) in [5.41, 5.74) is 0.0756. The van der Waals surface area contributed by atoms with Gasteiger partial charge in [-0.15, -0.1) is 0 Å². The van der Waals surface area contributed by atoms with Crippen molar-refractivity contribution in [2.75, 3.05) is 26.2 Å². The summed E-state index contributed by atoms with van der Waals surface area (Å²) in [5, 5.41) is 3.41. The molecule has 5 nitrogen and oxygen atoms in total. The number of likely N-dealkylation sites (tertiary alicyclic amines) is 1. The average molecular weight is 318 g/mol. The maximum Gasteiger partial charge on any atom is 0.250 e. The molecule has 0 aliphatic carbocycles. The lowest BCUT2D eigenvalue weighted by Crippen LogP contribution is -2.46. The third-order valence-electron chi connectivity index (χ3n) is 4.26. The molecule has 1 atom stereocenters. The van der Waals surface area contributed by atoms with E-state index in [-0.39, 0.29) is 5.56 Å². The van der Waals surface area contributed by atoms with E-state index in [1.807, 2.05) is 12.3 Å². The lowest BCUT2D eigenvalue weighted by molar-refractivity contribution is 0.266. The second kappa shape index (κ2) is 9.38. The van der Waals surface area contributed by atoms with Gasteiger partial charge in [-0.1, -0.05) is 13.0 Å². The van der Waals surface area contributed by atoms with Crippen molar-refractivity contribution in [3.63, 3.8) is 0 Å². The van der Waals surface area contributed by atoms with Gasteiger partial charge in [-0.2, -0.15) is 0 Å². The maximum absolute atomic E-state index is 11.6. The highest BCUT2D eigenvalue weighted by molar-refractivity contribution is 5.80. The maximum atomic E-state index is 11.6. The van der Waals surface area contributed by atoms with Crippen LogP contribution in [-0.2, 0) is 6.54 Å². The van der Waals surface area contributed by atoms with Crippen molar-refractivity contribution in [3.05, 3.63) is 34.7 Å². The number of hydrogen-bond acceptors (Lipinski definition) is 2. The summed E-state index contributed by atoms with van der Waals surface area (Å²) in [7, 11) is 0. The van der Waals surface area contributed by atoms with E-state index in [9.17, 15) is 4.79 Å². The fraction of sp³-hybridized carbons (Fsp3) is 0.667. The van der Waals surface area contributed by atoms with Crippen LogP contribution in [0.3, 0.4) is 0 Å². The molecule has 1 unspecified atom stereocenters. The average Bonchev–Trinajstić information content (AvgIpc) is 2.55. The standard InChI is InChI=1S/C18H30N4O/c1-3-19-18(22-14-8-9-16(2)15-22)20-11-5-7-13-21-12-6-4-10-17(21)23/h4,6,10,12,16H,3,5,7-9,11,13-15H2,1-2H3,(H,19,20). The highest BCUT2D eigenvalue weighted by Gasteiger charge is 2.18. The molecule has 1 fully saturated rings. The minimum absolute atomic E-state index is 0.0756. The molecule has 0 radical (unpaired) electrons. The van der Waals surface area contributed by atoms with E-state index < -0.39 is 0 Å². The molecule has 0 saturated carbocycles. The molecule has 23 heavy (non-hydrogen) atoms. The highest BCUT2D eigenvalue weighted by atomic mass is 16.1. The van der Waals surface area contributed by atoms with Gasteiger partial charge in [0.25, 0.3) is 0 Å². The van der Waals surface area contributed by atoms with Gasteiger partial charge in [0, 0.05) is 45.0 Å². The first-order chi connectivity index (χ1) is 11.2. The minimum atomic E-state index is 0.0756. The summed E-state index contributed by atoms with van der Waals surface area (Å²) in [6.45, 7) is 9.13. The van der Waals surface area contributed by atoms with Crippen LogP contribution in [0.1, 0.15) is 39.5 Å². The number of unbranched alkanes of at least 4 members (excludes halogenated alkanes) is 1. The molecule has 0 amide bonds. The van der Waals surface area contributed by atoms with E-state index in [0.717, 1.165) is 57.4 Å². The number of guanidine groups is 1. The summed E-state index contributed by atoms with van der Waals surface area (Å²) >= 11 is 0. The van der Waals surface area contributed by atoms with Crippen molar-refractivity contribution in [1.82, 2.24) is 14.8 Å². The van der Waals surface area contributed by atoms with Crippen molar-refractivity contribution in [2.24, 2.45) is 10.9 Å². The molecule has 0 aromatic carbocycles. The summed E-state index contributed by atoms with van der Waals surface area (Å²) in [5.74, 6) is 1.80. The molecule has 1 saturated heterocycles. The number of aromatic nitrogens is 1. The molecule has 128 valence electrons. The topological polar surface area (TPSA) is 49.6 Å². The molecule has 1 aromatic rings. The van der Waals surface area contributed by atoms with E-state index in [4.69, 9.17) is 4.99 Å². The Morgan fingerprint density at radius 3 is 3.00 bits per heavy atom. The molecule has 1 aromatic heterocycles. The van der Waals surface area contributed by atoms with Gasteiger partial charge in [0.1, 0.15) is 0 Å². The summed E-state index contributed by atoms with van der Waals surface area (Å²) in [4.78, 5) is 18.8. The smallest absolute Gasteiger partial charge is 0.250 e. The minimum Gasteiger partial charge on any atom is -0.357 e. The van der Waals surface area contributed by atoms with E-state index in [1.54, 1.807) is 16.7 Å². The molecule has 0 spiro atoms. The zero-order valence-electron chi connectivity index (χ0n) is 14.5. The van der Waals surface area contributed by atoms with Gasteiger partial charge < -0.3 is 14.8 Å². The van der Waals surface area contributed by atoms with Gasteiger partial charge in [0.2, 0.25) is 5.56 Å². The predicted molar refractivity (Wildman–Crippen MR) is 95.9 cm³/mol. The molecular formula is C18H30N4O. The van der Waals surface area contributed by atoms with Gasteiger partial charge in [-0.3, -0.25) is 9.79 Å². The number of hydrogen-bond donors (Lipinski definition) is 1. The van der Waals surface area contributed by atoms with E-state index in [2.05, 4.69) is 24.1 Å². The number of rotatable bonds is 6. The van der Waals surface area contributed by atoms with Crippen molar-refractivity contribution in [1.29, 1.82) is 0 Å². The Labute approximate surface area is 139 Å². The largest absolute Gasteiger partial charge is 0.357 e. The molecule has 2 heterocycles. The number of aliphatic imine (C=N–C) groups is 1. The Balaban J connectivity index is 1.79. The quantitative estimate of drug-likeness (QED) is 0.497. The van der Waals surface area contributed by atoms with Gasteiger partial charge in [0.15, 0.2) is 5.96 Å². The van der Waals surface area contributed by atoms with Crippen LogP contribution in [0.25, 0.3) is 0 Å². The molecule has 5 heteroatoms. The summed E-state index contributed by atoms with van der Waals surface area (Å²) in [6.07, 6.45) is 6.40. The normalized spacial score (nSPS) is 19.0. The first-order valence-electron chi connectivity index (χ1n) is 8.89. The van der Waals surface area contributed by atoms with Crippen LogP contribution in [0.4, 0.5) is 0 Å². The van der Waals surface area contributed by atoms with E-state index in [0.29, 0.717) is 0 Å². The fourth-order valence-electron chi connectivity index (χ4n) is 3.03. The van der Waals surface area contributed by atoms with Crippen LogP contribution < -0.4 is 10.9 Å². The van der Waals surface area contributed by atoms with Crippen molar-refractivity contribution in [2.45, 2.75) is 46.1 Å². The van der Waals surface area contributed by atoms with E-state index >= 15 is 0 Å². The lowest BCUT2D eigenvalue weighted by Gasteiger charge is -2.33. The number of pyridine rings is 1. The number of aryl methyl sites for hydroxylation is 1. The van der Waals surface area contributed by atoms with Crippen LogP contribution in [0, 0.1) is 5.92 Å². The Bertz CT molecular complexity index is 552. The van der Waals surface area contributed by atoms with Gasteiger partial charge in [-0.05, 0) is 44.6 Å². The van der Waals surface area contributed by atoms with Crippen LogP contribution in [-0.4, -0.2) is 41.6 Å². The lowest BCUT2D eigenvalue weighted by atomic mass is 10.0. The monoisotopic (exact) mass is 318 g/mol. The Kier molecular flexibility index (Phi) is 7.17. The third-order valence-corrected chi connectivity index (χ3v) is 4.26. The highest BCUT2D eigenvalue weighted by Crippen LogP contribution is 2.15. The van der Waals surface area contributed by atoms with Crippen LogP contribution >= 0.6 is 0 Å². The second-order valence-electron chi connectivity index (χ2n) is 6.37. The first-order valence-corrected chi connectivity index (χ1v) is 8.89. The molecule has 2 rings (SSSR count). The van der Waals surface area contributed by atoms with Gasteiger partial charge in [0.05, 0.1) is 0 Å². The van der Waals surface area contributed by atoms with E-state index in [1.165, 1.54) is 12.8 Å². The molecular weight excluding hydrogens is 288 g/mol. The Morgan fingerprint density at radius 1 is 1.39 bits per heavy atom. The third kappa shape index (κ3) is 5.73. The van der Waals surface area contributed by atoms with Gasteiger partial charge in [-0.25, -0.2) is 0 Å². The second-order valence-corrected chi connectivity index (χ2v) is 6.37.